The summed E-state index contributed by atoms with van der Waals surface area (Å²) in [6.45, 7) is 1.77. The van der Waals surface area contributed by atoms with Crippen LogP contribution in [-0.2, 0) is 16.8 Å². The third-order valence-corrected chi connectivity index (χ3v) is 3.17. The normalized spacial score (nSPS) is 13.4. The Bertz CT molecular complexity index is 605. The van der Waals surface area contributed by atoms with Gasteiger partial charge in [0.1, 0.15) is 18.0 Å². The van der Waals surface area contributed by atoms with Crippen LogP contribution in [0.4, 0.5) is 0 Å². The summed E-state index contributed by atoms with van der Waals surface area (Å²) in [6, 6.07) is 16.2. The summed E-state index contributed by atoms with van der Waals surface area (Å²) in [5, 5.41) is 19.2. The Morgan fingerprint density at radius 2 is 1.86 bits per heavy atom. The van der Waals surface area contributed by atoms with E-state index in [-0.39, 0.29) is 13.0 Å². The number of benzene rings is 2. The number of carbonyl (C=O) groups is 1. The first-order valence-corrected chi connectivity index (χ1v) is 6.69. The molecule has 2 aromatic rings. The molecule has 1 atom stereocenters. The lowest BCUT2D eigenvalue weighted by atomic mass is 9.97. The highest BCUT2D eigenvalue weighted by Crippen LogP contribution is 2.22. The largest absolute Gasteiger partial charge is 0.490 e. The Balaban J connectivity index is 2.04. The summed E-state index contributed by atoms with van der Waals surface area (Å²) >= 11 is 0. The zero-order valence-electron chi connectivity index (χ0n) is 11.8. The number of carboxylic acids is 1. The SMILES string of the molecule is CC(O)(COc1cccc(CC(=O)O)c1)c1ccccc1. The minimum atomic E-state index is -1.11. The van der Waals surface area contributed by atoms with Gasteiger partial charge in [-0.1, -0.05) is 42.5 Å². The lowest BCUT2D eigenvalue weighted by molar-refractivity contribution is -0.136. The molecule has 0 aliphatic carbocycles. The van der Waals surface area contributed by atoms with Crippen molar-refractivity contribution in [2.45, 2.75) is 18.9 Å². The lowest BCUT2D eigenvalue weighted by Crippen LogP contribution is -2.29. The van der Waals surface area contributed by atoms with Crippen LogP contribution in [0, 0.1) is 0 Å². The third kappa shape index (κ3) is 4.33. The average Bonchev–Trinajstić information content (AvgIpc) is 2.46. The van der Waals surface area contributed by atoms with Gasteiger partial charge in [0.05, 0.1) is 6.42 Å². The Labute approximate surface area is 123 Å². The predicted octanol–water partition coefficient (Wildman–Crippen LogP) is 2.60. The Morgan fingerprint density at radius 1 is 1.14 bits per heavy atom. The predicted molar refractivity (Wildman–Crippen MR) is 79.3 cm³/mol. The number of aliphatic carboxylic acids is 1. The fraction of sp³-hybridized carbons (Fsp3) is 0.235. The molecule has 2 N–H and O–H groups in total. The maximum absolute atomic E-state index is 10.7. The quantitative estimate of drug-likeness (QED) is 0.856. The summed E-state index contributed by atoms with van der Waals surface area (Å²) in [4.78, 5) is 10.7. The number of hydrogen-bond acceptors (Lipinski definition) is 3. The molecule has 0 saturated heterocycles. The maximum atomic E-state index is 10.7. The van der Waals surface area contributed by atoms with Crippen molar-refractivity contribution in [3.8, 4) is 5.75 Å². The van der Waals surface area contributed by atoms with Crippen molar-refractivity contribution in [3.63, 3.8) is 0 Å². The molecule has 2 rings (SSSR count). The molecular formula is C17H18O4. The van der Waals surface area contributed by atoms with Crippen molar-refractivity contribution in [1.29, 1.82) is 0 Å². The van der Waals surface area contributed by atoms with Crippen molar-refractivity contribution >= 4 is 5.97 Å². The van der Waals surface area contributed by atoms with Gasteiger partial charge in [-0.05, 0) is 30.2 Å². The Morgan fingerprint density at radius 3 is 2.52 bits per heavy atom. The van der Waals surface area contributed by atoms with Crippen LogP contribution in [0.3, 0.4) is 0 Å². The first kappa shape index (κ1) is 15.1. The molecule has 1 unspecified atom stereocenters. The van der Waals surface area contributed by atoms with Gasteiger partial charge in [0.2, 0.25) is 0 Å². The van der Waals surface area contributed by atoms with E-state index in [1.165, 1.54) is 0 Å². The van der Waals surface area contributed by atoms with Gasteiger partial charge >= 0.3 is 5.97 Å². The van der Waals surface area contributed by atoms with E-state index in [2.05, 4.69) is 0 Å². The number of carboxylic acid groups (broad SMARTS) is 1. The second kappa shape index (κ2) is 6.41. The van der Waals surface area contributed by atoms with Crippen molar-refractivity contribution < 1.29 is 19.7 Å². The van der Waals surface area contributed by atoms with Crippen LogP contribution in [0.5, 0.6) is 5.75 Å². The minimum Gasteiger partial charge on any atom is -0.490 e. The van der Waals surface area contributed by atoms with E-state index < -0.39 is 11.6 Å². The molecule has 0 saturated carbocycles. The number of ether oxygens (including phenoxy) is 1. The van der Waals surface area contributed by atoms with Gasteiger partial charge in [0.15, 0.2) is 0 Å². The van der Waals surface area contributed by atoms with Crippen LogP contribution in [0.2, 0.25) is 0 Å². The van der Waals surface area contributed by atoms with Gasteiger partial charge in [-0.3, -0.25) is 4.79 Å². The fourth-order valence-electron chi connectivity index (χ4n) is 2.02. The fourth-order valence-corrected chi connectivity index (χ4v) is 2.02. The molecular weight excluding hydrogens is 268 g/mol. The molecule has 0 bridgehead atoms. The molecule has 4 nitrogen and oxygen atoms in total. The van der Waals surface area contributed by atoms with E-state index in [1.807, 2.05) is 30.3 Å². The number of rotatable bonds is 6. The maximum Gasteiger partial charge on any atom is 0.307 e. The smallest absolute Gasteiger partial charge is 0.307 e. The molecule has 0 amide bonds. The highest BCUT2D eigenvalue weighted by molar-refractivity contribution is 5.70. The number of hydrogen-bond donors (Lipinski definition) is 2. The first-order chi connectivity index (χ1) is 9.97. The summed E-state index contributed by atoms with van der Waals surface area (Å²) in [7, 11) is 0. The lowest BCUT2D eigenvalue weighted by Gasteiger charge is -2.24. The molecule has 2 aromatic carbocycles. The number of aliphatic hydroxyl groups is 1. The summed E-state index contributed by atoms with van der Waals surface area (Å²) in [6.07, 6.45) is -0.0493. The van der Waals surface area contributed by atoms with Crippen LogP contribution < -0.4 is 4.74 Å². The molecule has 0 aliphatic rings. The van der Waals surface area contributed by atoms with Gasteiger partial charge in [-0.15, -0.1) is 0 Å². The highest BCUT2D eigenvalue weighted by atomic mass is 16.5. The van der Waals surface area contributed by atoms with Gasteiger partial charge in [-0.2, -0.15) is 0 Å². The van der Waals surface area contributed by atoms with E-state index in [1.54, 1.807) is 31.2 Å². The van der Waals surface area contributed by atoms with Crippen molar-refractivity contribution in [3.05, 3.63) is 65.7 Å². The van der Waals surface area contributed by atoms with Crippen molar-refractivity contribution in [2.24, 2.45) is 0 Å². The molecule has 0 radical (unpaired) electrons. The second-order valence-corrected chi connectivity index (χ2v) is 5.15. The zero-order valence-corrected chi connectivity index (χ0v) is 11.8. The highest BCUT2D eigenvalue weighted by Gasteiger charge is 2.23. The summed E-state index contributed by atoms with van der Waals surface area (Å²) in [5.74, 6) is -0.339. The molecule has 0 fully saturated rings. The van der Waals surface area contributed by atoms with E-state index in [9.17, 15) is 9.90 Å². The van der Waals surface area contributed by atoms with Gasteiger partial charge in [-0.25, -0.2) is 0 Å². The Kier molecular flexibility index (Phi) is 4.60. The minimum absolute atomic E-state index is 0.0493. The van der Waals surface area contributed by atoms with E-state index in [0.29, 0.717) is 11.3 Å². The molecule has 21 heavy (non-hydrogen) atoms. The monoisotopic (exact) mass is 286 g/mol. The van der Waals surface area contributed by atoms with E-state index in [0.717, 1.165) is 5.56 Å². The van der Waals surface area contributed by atoms with Crippen LogP contribution in [0.15, 0.2) is 54.6 Å². The molecule has 0 heterocycles. The van der Waals surface area contributed by atoms with Gasteiger partial charge in [0, 0.05) is 0 Å². The van der Waals surface area contributed by atoms with Gasteiger partial charge < -0.3 is 14.9 Å². The molecule has 4 heteroatoms. The van der Waals surface area contributed by atoms with Crippen molar-refractivity contribution in [1.82, 2.24) is 0 Å². The van der Waals surface area contributed by atoms with E-state index in [4.69, 9.17) is 9.84 Å². The second-order valence-electron chi connectivity index (χ2n) is 5.15. The average molecular weight is 286 g/mol. The zero-order chi connectivity index (χ0) is 15.3. The standard InChI is InChI=1S/C17H18O4/c1-17(20,14-7-3-2-4-8-14)12-21-15-9-5-6-13(10-15)11-16(18)19/h2-10,20H,11-12H2,1H3,(H,18,19). The van der Waals surface area contributed by atoms with Crippen LogP contribution in [0.1, 0.15) is 18.1 Å². The summed E-state index contributed by atoms with van der Waals surface area (Å²) in [5.41, 5.74) is 0.329. The van der Waals surface area contributed by atoms with Gasteiger partial charge in [0.25, 0.3) is 0 Å². The first-order valence-electron chi connectivity index (χ1n) is 6.69. The summed E-state index contributed by atoms with van der Waals surface area (Å²) < 4.78 is 5.60. The van der Waals surface area contributed by atoms with Crippen LogP contribution in [0.25, 0.3) is 0 Å². The molecule has 0 aromatic heterocycles. The third-order valence-electron chi connectivity index (χ3n) is 3.17. The topological polar surface area (TPSA) is 66.8 Å². The van der Waals surface area contributed by atoms with Crippen molar-refractivity contribution in [2.75, 3.05) is 6.61 Å². The van der Waals surface area contributed by atoms with E-state index >= 15 is 0 Å². The molecule has 0 aliphatic heterocycles. The Hall–Kier alpha value is -2.33. The molecule has 0 spiro atoms. The van der Waals surface area contributed by atoms with Crippen LogP contribution >= 0.6 is 0 Å². The van der Waals surface area contributed by atoms with Crippen LogP contribution in [-0.4, -0.2) is 22.8 Å². The molecule has 110 valence electrons.